The van der Waals surface area contributed by atoms with Gasteiger partial charge in [0.25, 0.3) is 0 Å². The fraction of sp³-hybridized carbons (Fsp3) is 0.833. The number of ether oxygens (including phenoxy) is 2. The summed E-state index contributed by atoms with van der Waals surface area (Å²) in [6.45, 7) is 4.72. The average molecular weight is 420 g/mol. The van der Waals surface area contributed by atoms with Crippen LogP contribution in [0.2, 0.25) is 8.87 Å². The summed E-state index contributed by atoms with van der Waals surface area (Å²) in [5.74, 6) is -0.532. The maximum absolute atomic E-state index is 11.3. The Morgan fingerprint density at radius 3 is 1.58 bits per heavy atom. The molecule has 0 aromatic heterocycles. The molecule has 0 N–H and O–H groups in total. The predicted molar refractivity (Wildman–Crippen MR) is 78.8 cm³/mol. The quantitative estimate of drug-likeness (QED) is 0.401. The molecule has 0 aliphatic rings. The molecule has 0 spiro atoms. The van der Waals surface area contributed by atoms with Crippen molar-refractivity contribution in [2.75, 3.05) is 13.2 Å². The van der Waals surface area contributed by atoms with Crippen molar-refractivity contribution in [1.29, 1.82) is 0 Å². The van der Waals surface area contributed by atoms with Gasteiger partial charge < -0.3 is 0 Å². The van der Waals surface area contributed by atoms with E-state index < -0.39 is 16.1 Å². The molecule has 0 aliphatic carbocycles. The summed E-state index contributed by atoms with van der Waals surface area (Å²) >= 11 is -3.31. The van der Waals surface area contributed by atoms with E-state index in [0.717, 1.165) is 12.8 Å². The van der Waals surface area contributed by atoms with E-state index in [9.17, 15) is 9.59 Å². The number of carbonyl (C=O) groups is 2. The first-order chi connectivity index (χ1) is 8.91. The Hall–Kier alpha value is 0.319. The van der Waals surface area contributed by atoms with Gasteiger partial charge in [-0.2, -0.15) is 0 Å². The zero-order chi connectivity index (χ0) is 14.7. The van der Waals surface area contributed by atoms with Crippen LogP contribution < -0.4 is 0 Å². The number of hydrogen-bond acceptors (Lipinski definition) is 4. The van der Waals surface area contributed by atoms with Gasteiger partial charge in [0.15, 0.2) is 0 Å². The van der Waals surface area contributed by atoms with Gasteiger partial charge in [0.2, 0.25) is 0 Å². The Morgan fingerprint density at radius 1 is 0.895 bits per heavy atom. The molecule has 7 heteroatoms. The zero-order valence-electron chi connectivity index (χ0n) is 11.5. The molecule has 0 heterocycles. The van der Waals surface area contributed by atoms with Gasteiger partial charge in [-0.15, -0.1) is 0 Å². The summed E-state index contributed by atoms with van der Waals surface area (Å²) in [5, 5.41) is 0. The molecule has 0 rings (SSSR count). The van der Waals surface area contributed by atoms with Crippen molar-refractivity contribution in [3.05, 3.63) is 0 Å². The van der Waals surface area contributed by atoms with Crippen LogP contribution >= 0.6 is 17.8 Å². The second-order valence-electron chi connectivity index (χ2n) is 4.30. The minimum atomic E-state index is -3.31. The molecule has 0 aromatic carbocycles. The van der Waals surface area contributed by atoms with Crippen molar-refractivity contribution in [3.63, 3.8) is 0 Å². The zero-order valence-corrected chi connectivity index (χ0v) is 15.9. The molecule has 4 nitrogen and oxygen atoms in total. The van der Waals surface area contributed by atoms with Gasteiger partial charge in [-0.1, -0.05) is 0 Å². The Morgan fingerprint density at radius 2 is 1.26 bits per heavy atom. The van der Waals surface area contributed by atoms with Crippen LogP contribution in [0, 0.1) is 0 Å². The molecule has 0 saturated carbocycles. The van der Waals surface area contributed by atoms with Crippen molar-refractivity contribution in [2.24, 2.45) is 0 Å². The second-order valence-corrected chi connectivity index (χ2v) is 23.0. The Balaban J connectivity index is 3.84. The van der Waals surface area contributed by atoms with Crippen molar-refractivity contribution in [2.45, 2.75) is 48.4 Å². The number of esters is 2. The topological polar surface area (TPSA) is 52.6 Å². The van der Waals surface area contributed by atoms with Crippen LogP contribution in [0.1, 0.15) is 39.5 Å². The van der Waals surface area contributed by atoms with Crippen LogP contribution in [0.25, 0.3) is 0 Å². The van der Waals surface area contributed by atoms with Crippen LogP contribution in [0.3, 0.4) is 0 Å². The van der Waals surface area contributed by atoms with Gasteiger partial charge in [0.1, 0.15) is 0 Å². The first-order valence-electron chi connectivity index (χ1n) is 6.60. The van der Waals surface area contributed by atoms with Crippen molar-refractivity contribution in [1.82, 2.24) is 0 Å². The van der Waals surface area contributed by atoms with Gasteiger partial charge in [-0.25, -0.2) is 0 Å². The molecule has 112 valence electrons. The van der Waals surface area contributed by atoms with E-state index in [1.807, 2.05) is 13.8 Å². The Labute approximate surface area is 126 Å². The molecule has 0 radical (unpaired) electrons. The van der Waals surface area contributed by atoms with Crippen LogP contribution in [0.15, 0.2) is 0 Å². The van der Waals surface area contributed by atoms with Crippen LogP contribution in [0.5, 0.6) is 0 Å². The molecule has 0 unspecified atom stereocenters. The summed E-state index contributed by atoms with van der Waals surface area (Å²) in [6, 6.07) is 0. The predicted octanol–water partition coefficient (Wildman–Crippen LogP) is 3.59. The molecule has 0 amide bonds. The van der Waals surface area contributed by atoms with E-state index in [-0.39, 0.29) is 24.8 Å². The fourth-order valence-corrected chi connectivity index (χ4v) is 7.77. The standard InChI is InChI=1S/2C6H11O2.2ClH.Sn/c2*1-3-5-8-6(7)4-2;;;/h2*2-5H2,1H3;2*1H;/q;;;;+2/p-2. The van der Waals surface area contributed by atoms with E-state index in [2.05, 4.69) is 0 Å². The van der Waals surface area contributed by atoms with Crippen LogP contribution in [0.4, 0.5) is 0 Å². The molecule has 0 bridgehead atoms. The van der Waals surface area contributed by atoms with E-state index >= 15 is 0 Å². The summed E-state index contributed by atoms with van der Waals surface area (Å²) in [5.41, 5.74) is 0. The van der Waals surface area contributed by atoms with Gasteiger partial charge in [0, 0.05) is 0 Å². The summed E-state index contributed by atoms with van der Waals surface area (Å²) < 4.78 is 10.8. The Bertz CT molecular complexity index is 259. The summed E-state index contributed by atoms with van der Waals surface area (Å²) in [6.07, 6.45) is 2.08. The van der Waals surface area contributed by atoms with E-state index in [0.29, 0.717) is 22.1 Å². The summed E-state index contributed by atoms with van der Waals surface area (Å²) in [4.78, 5) is 22.7. The molecule has 19 heavy (non-hydrogen) atoms. The second kappa shape index (κ2) is 11.0. The molecular weight excluding hydrogens is 398 g/mol. The first-order valence-corrected chi connectivity index (χ1v) is 17.9. The minimum absolute atomic E-state index is 0.243. The van der Waals surface area contributed by atoms with Gasteiger partial charge in [-0.3, -0.25) is 0 Å². The normalized spacial score (nSPS) is 11.2. The Kier molecular flexibility index (Phi) is 11.2. The van der Waals surface area contributed by atoms with Crippen LogP contribution in [-0.4, -0.2) is 41.3 Å². The van der Waals surface area contributed by atoms with E-state index in [1.165, 1.54) is 0 Å². The number of carbonyl (C=O) groups excluding carboxylic acids is 2. The summed E-state index contributed by atoms with van der Waals surface area (Å²) in [7, 11) is 12.5. The van der Waals surface area contributed by atoms with Crippen LogP contribution in [-0.2, 0) is 19.1 Å². The van der Waals surface area contributed by atoms with E-state index in [1.54, 1.807) is 0 Å². The number of hydrogen-bond donors (Lipinski definition) is 0. The van der Waals surface area contributed by atoms with Crippen molar-refractivity contribution in [3.8, 4) is 0 Å². The third kappa shape index (κ3) is 11.8. The molecule has 0 aliphatic heterocycles. The van der Waals surface area contributed by atoms with Gasteiger partial charge in [-0.05, 0) is 0 Å². The SMILES string of the molecule is CCCOC(=O)C[CH2][Sn]([Cl])([Cl])[CH2]CC(=O)OCCC. The molecule has 0 atom stereocenters. The molecule has 0 aromatic rings. The first kappa shape index (κ1) is 19.3. The number of rotatable bonds is 10. The maximum atomic E-state index is 11.3. The van der Waals surface area contributed by atoms with E-state index in [4.69, 9.17) is 27.3 Å². The fourth-order valence-electron chi connectivity index (χ4n) is 1.27. The van der Waals surface area contributed by atoms with Crippen molar-refractivity contribution >= 4 is 45.9 Å². The third-order valence-corrected chi connectivity index (χ3v) is 13.0. The molecule has 0 fully saturated rings. The van der Waals surface area contributed by atoms with Crippen molar-refractivity contribution < 1.29 is 19.1 Å². The monoisotopic (exact) mass is 420 g/mol. The average Bonchev–Trinajstić information content (AvgIpc) is 2.38. The molecular formula is C12H22Cl2O4Sn. The number of halogens is 2. The molecule has 0 saturated heterocycles. The van der Waals surface area contributed by atoms with Gasteiger partial charge >= 0.3 is 127 Å². The van der Waals surface area contributed by atoms with Gasteiger partial charge in [0.05, 0.1) is 0 Å². The third-order valence-electron chi connectivity index (χ3n) is 2.32.